The van der Waals surface area contributed by atoms with Crippen molar-refractivity contribution < 1.29 is 31.9 Å². The molecule has 0 aromatic carbocycles. The number of carbonyl (C=O) groups is 1. The van der Waals surface area contributed by atoms with Crippen molar-refractivity contribution >= 4 is 18.6 Å². The van der Waals surface area contributed by atoms with Gasteiger partial charge in [-0.15, -0.1) is 0 Å². The average Bonchev–Trinajstić information content (AvgIpc) is 2.90. The van der Waals surface area contributed by atoms with Gasteiger partial charge in [0.15, 0.2) is 12.0 Å². The van der Waals surface area contributed by atoms with Gasteiger partial charge in [-0.25, -0.2) is 9.69 Å². The van der Waals surface area contributed by atoms with Crippen molar-refractivity contribution in [3.05, 3.63) is 23.8 Å². The minimum Gasteiger partial charge on any atom is -1.00 e. The van der Waals surface area contributed by atoms with Crippen LogP contribution in [0, 0.1) is 0 Å². The van der Waals surface area contributed by atoms with E-state index < -0.39 is 17.3 Å². The predicted octanol–water partition coefficient (Wildman–Crippen LogP) is -2.55. The van der Waals surface area contributed by atoms with E-state index in [-0.39, 0.29) is 19.0 Å². The van der Waals surface area contributed by atoms with Crippen LogP contribution in [0.4, 0.5) is 4.79 Å². The van der Waals surface area contributed by atoms with Gasteiger partial charge in [0.25, 0.3) is 0 Å². The zero-order chi connectivity index (χ0) is 16.7. The average molecular weight is 355 g/mol. The van der Waals surface area contributed by atoms with E-state index in [4.69, 9.17) is 4.74 Å². The lowest BCUT2D eigenvalue weighted by Crippen LogP contribution is -3.04. The van der Waals surface area contributed by atoms with Crippen molar-refractivity contribution in [1.29, 1.82) is 0 Å². The maximum absolute atomic E-state index is 12.3. The van der Waals surface area contributed by atoms with Gasteiger partial charge in [-0.1, -0.05) is 0 Å². The molecule has 3 aliphatic heterocycles. The Morgan fingerprint density at radius 2 is 2.21 bits per heavy atom. The number of aliphatic imine (C=N–C) groups is 2. The highest BCUT2D eigenvalue weighted by Gasteiger charge is 2.45. The number of halogens is 1. The molecule has 0 aliphatic carbocycles. The summed E-state index contributed by atoms with van der Waals surface area (Å²) in [4.78, 5) is 23.3. The van der Waals surface area contributed by atoms with Crippen molar-refractivity contribution in [2.75, 3.05) is 13.1 Å². The van der Waals surface area contributed by atoms with Crippen molar-refractivity contribution in [2.24, 2.45) is 9.98 Å². The highest BCUT2D eigenvalue weighted by Crippen LogP contribution is 2.31. The number of fused-ring (bicyclic) bond motifs is 1. The number of aliphatic hydroxyl groups is 1. The summed E-state index contributed by atoms with van der Waals surface area (Å²) < 4.78 is 5.42. The van der Waals surface area contributed by atoms with Gasteiger partial charge < -0.3 is 27.2 Å². The van der Waals surface area contributed by atoms with Crippen LogP contribution in [0.25, 0.3) is 0 Å². The Morgan fingerprint density at radius 3 is 2.92 bits per heavy atom. The fraction of sp³-hybridized carbons (Fsp3) is 0.562. The molecule has 8 heteroatoms. The fourth-order valence-electron chi connectivity index (χ4n) is 3.00. The fourth-order valence-corrected chi connectivity index (χ4v) is 3.00. The van der Waals surface area contributed by atoms with E-state index in [0.29, 0.717) is 25.1 Å². The molecule has 0 spiro atoms. The second-order valence-corrected chi connectivity index (χ2v) is 7.11. The van der Waals surface area contributed by atoms with Gasteiger partial charge in [-0.05, 0) is 33.6 Å². The van der Waals surface area contributed by atoms with Gasteiger partial charge >= 0.3 is 6.09 Å². The van der Waals surface area contributed by atoms with E-state index in [0.717, 1.165) is 10.6 Å². The van der Waals surface area contributed by atoms with Gasteiger partial charge in [-0.2, -0.15) is 4.99 Å². The molecule has 1 saturated heterocycles. The SMILES string of the molecule is CC(C)(C)OC(=O)N1CCCC(O)(C2=C3C=NC=C[NH+]3C=N2)C1.[Cl-]. The molecule has 3 heterocycles. The second-order valence-electron chi connectivity index (χ2n) is 7.11. The molecule has 24 heavy (non-hydrogen) atoms. The minimum atomic E-state index is -1.17. The Kier molecular flexibility index (Phi) is 5.17. The van der Waals surface area contributed by atoms with Crippen LogP contribution in [0.5, 0.6) is 0 Å². The second kappa shape index (κ2) is 6.66. The summed E-state index contributed by atoms with van der Waals surface area (Å²) in [7, 11) is 0. The lowest BCUT2D eigenvalue weighted by molar-refractivity contribution is -0.682. The molecule has 2 N–H and O–H groups in total. The molecule has 0 aromatic rings. The Morgan fingerprint density at radius 1 is 1.46 bits per heavy atom. The number of β-amino-alcohol motifs (C(OH)–C–C–N with tert-alkyl or cyclic N) is 1. The Balaban J connectivity index is 0.00000208. The normalized spacial score (nSPS) is 28.7. The number of nitrogens with one attached hydrogen (secondary N) is 1. The minimum absolute atomic E-state index is 0. The van der Waals surface area contributed by atoms with Crippen LogP contribution >= 0.6 is 0 Å². The number of quaternary nitrogens is 1. The van der Waals surface area contributed by atoms with Crippen LogP contribution in [0.3, 0.4) is 0 Å². The summed E-state index contributed by atoms with van der Waals surface area (Å²) in [6.45, 7) is 6.26. The first-order valence-electron chi connectivity index (χ1n) is 7.85. The lowest BCUT2D eigenvalue weighted by atomic mass is 9.88. The highest BCUT2D eigenvalue weighted by molar-refractivity contribution is 5.82. The number of hydrogen-bond donors (Lipinski definition) is 2. The molecule has 0 aromatic heterocycles. The number of likely N-dealkylation sites (tertiary alicyclic amines) is 1. The molecule has 3 aliphatic rings. The third-order valence-corrected chi connectivity index (χ3v) is 4.01. The van der Waals surface area contributed by atoms with Crippen LogP contribution in [0.2, 0.25) is 0 Å². The standard InChI is InChI=1S/C16H22N4O3.ClH/c1-15(2,3)23-14(21)19-7-4-5-16(22,10-19)13-12-9-17-6-8-20(12)11-18-13;/h6,8-9,11,22H,4-5,7,10H2,1-3H3;1H. The number of ether oxygens (including phenoxy) is 1. The summed E-state index contributed by atoms with van der Waals surface area (Å²) >= 11 is 0. The zero-order valence-corrected chi connectivity index (χ0v) is 14.9. The number of amides is 1. The molecule has 7 nitrogen and oxygen atoms in total. The van der Waals surface area contributed by atoms with E-state index >= 15 is 0 Å². The number of allylic oxidation sites excluding steroid dienone is 1. The molecule has 0 bridgehead atoms. The molecule has 3 rings (SSSR count). The van der Waals surface area contributed by atoms with Crippen molar-refractivity contribution in [3.63, 3.8) is 0 Å². The molecular formula is C16H23ClN4O3. The van der Waals surface area contributed by atoms with E-state index in [2.05, 4.69) is 9.98 Å². The number of hydrogen-bond acceptors (Lipinski definition) is 5. The monoisotopic (exact) mass is 354 g/mol. The van der Waals surface area contributed by atoms with Gasteiger partial charge in [-0.3, -0.25) is 4.99 Å². The zero-order valence-electron chi connectivity index (χ0n) is 14.1. The smallest absolute Gasteiger partial charge is 0.410 e. The molecule has 1 amide bonds. The van der Waals surface area contributed by atoms with Crippen molar-refractivity contribution in [1.82, 2.24) is 4.90 Å². The Labute approximate surface area is 147 Å². The third-order valence-electron chi connectivity index (χ3n) is 4.01. The summed E-state index contributed by atoms with van der Waals surface area (Å²) in [6, 6.07) is 0. The molecule has 2 atom stereocenters. The molecule has 2 unspecified atom stereocenters. The number of piperidine rings is 1. The van der Waals surface area contributed by atoms with Crippen molar-refractivity contribution in [3.8, 4) is 0 Å². The summed E-state index contributed by atoms with van der Waals surface area (Å²) in [5.74, 6) is 0. The number of carbonyl (C=O) groups excluding carboxylic acids is 1. The van der Waals surface area contributed by atoms with Crippen molar-refractivity contribution in [2.45, 2.75) is 44.8 Å². The van der Waals surface area contributed by atoms with Gasteiger partial charge in [0.05, 0.1) is 19.0 Å². The first-order chi connectivity index (χ1) is 10.8. The van der Waals surface area contributed by atoms with Crippen LogP contribution in [-0.4, -0.2) is 52.9 Å². The maximum Gasteiger partial charge on any atom is 0.410 e. The first kappa shape index (κ1) is 18.6. The van der Waals surface area contributed by atoms with Gasteiger partial charge in [0.2, 0.25) is 0 Å². The van der Waals surface area contributed by atoms with Gasteiger partial charge in [0, 0.05) is 6.54 Å². The number of nitrogens with zero attached hydrogens (tertiary/aromatic N) is 3. The van der Waals surface area contributed by atoms with Crippen LogP contribution in [0.15, 0.2) is 33.8 Å². The van der Waals surface area contributed by atoms with E-state index in [1.54, 1.807) is 23.7 Å². The van der Waals surface area contributed by atoms with E-state index in [1.165, 1.54) is 0 Å². The quantitative estimate of drug-likeness (QED) is 0.544. The topological polar surface area (TPSA) is 78.9 Å². The largest absolute Gasteiger partial charge is 1.00 e. The summed E-state index contributed by atoms with van der Waals surface area (Å²) in [5.41, 5.74) is -0.295. The number of rotatable bonds is 1. The molecular weight excluding hydrogens is 332 g/mol. The van der Waals surface area contributed by atoms with Crippen LogP contribution in [-0.2, 0) is 4.74 Å². The van der Waals surface area contributed by atoms with Gasteiger partial charge in [0.1, 0.15) is 23.1 Å². The maximum atomic E-state index is 12.3. The van der Waals surface area contributed by atoms with Crippen LogP contribution < -0.4 is 17.3 Å². The van der Waals surface area contributed by atoms with E-state index in [9.17, 15) is 9.90 Å². The third kappa shape index (κ3) is 3.68. The predicted molar refractivity (Wildman–Crippen MR) is 86.1 cm³/mol. The van der Waals surface area contributed by atoms with Crippen LogP contribution in [0.1, 0.15) is 33.6 Å². The Bertz CT molecular complexity index is 636. The molecule has 132 valence electrons. The molecule has 0 radical (unpaired) electrons. The lowest BCUT2D eigenvalue weighted by Gasteiger charge is -2.39. The Hall–Kier alpha value is -1.70. The summed E-state index contributed by atoms with van der Waals surface area (Å²) in [6.07, 6.45) is 7.87. The highest BCUT2D eigenvalue weighted by atomic mass is 35.5. The molecule has 1 fully saturated rings. The molecule has 0 saturated carbocycles. The first-order valence-corrected chi connectivity index (χ1v) is 7.85. The summed E-state index contributed by atoms with van der Waals surface area (Å²) in [5, 5.41) is 11.1. The van der Waals surface area contributed by atoms with E-state index in [1.807, 2.05) is 27.0 Å².